The fourth-order valence-electron chi connectivity index (χ4n) is 0. The van der Waals surface area contributed by atoms with Crippen LogP contribution < -0.4 is 6.15 Å². The van der Waals surface area contributed by atoms with Crippen molar-refractivity contribution in [3.05, 3.63) is 0 Å². The molecule has 0 aromatic rings. The van der Waals surface area contributed by atoms with Crippen molar-refractivity contribution in [2.24, 2.45) is 0 Å². The number of nitrogens with zero attached hydrogens (tertiary/aromatic N) is 1. The molecule has 0 amide bonds. The van der Waals surface area contributed by atoms with Crippen LogP contribution in [0.25, 0.3) is 0 Å². The summed E-state index contributed by atoms with van der Waals surface area (Å²) in [6.07, 6.45) is 0. The minimum absolute atomic E-state index is 0. The first-order valence-electron chi connectivity index (χ1n) is 0.949. The lowest BCUT2D eigenvalue weighted by Gasteiger charge is -1.60. The largest absolute Gasteiger partial charge is 0.531 e. The molecular formula is CH3BBrFN2. The summed E-state index contributed by atoms with van der Waals surface area (Å²) in [5.74, 6) is -0.220. The first-order chi connectivity index (χ1) is 2.27. The van der Waals surface area contributed by atoms with Gasteiger partial charge in [0.2, 0.25) is 0 Å². The van der Waals surface area contributed by atoms with Crippen LogP contribution in [-0.4, -0.2) is 5.81 Å². The third-order valence-electron chi connectivity index (χ3n) is 0.0976. The van der Waals surface area contributed by atoms with Crippen LogP contribution in [0.15, 0.2) is 0 Å². The Bertz CT molecular complexity index is 59.1. The lowest BCUT2D eigenvalue weighted by Crippen LogP contribution is -1.81. The van der Waals surface area contributed by atoms with Crippen LogP contribution >= 0.6 is 15.8 Å². The fourth-order valence-corrected chi connectivity index (χ4v) is 0. The van der Waals surface area contributed by atoms with Gasteiger partial charge in [0.15, 0.2) is 0 Å². The van der Waals surface area contributed by atoms with E-state index in [0.717, 1.165) is 0 Å². The van der Waals surface area contributed by atoms with Crippen molar-refractivity contribution in [2.75, 3.05) is 0 Å². The summed E-state index contributed by atoms with van der Waals surface area (Å²) in [6.45, 7) is 0. The van der Waals surface area contributed by atoms with Crippen molar-refractivity contribution in [2.45, 2.75) is 0 Å². The van der Waals surface area contributed by atoms with Crippen molar-refractivity contribution in [1.29, 1.82) is 5.26 Å². The van der Waals surface area contributed by atoms with Crippen LogP contribution in [-0.2, 0) is 0 Å². The van der Waals surface area contributed by atoms with Crippen molar-refractivity contribution < 1.29 is 4.32 Å². The maximum absolute atomic E-state index is 11.0. The monoisotopic (exact) mass is 152 g/mol. The van der Waals surface area contributed by atoms with E-state index in [1.165, 1.54) is 5.97 Å². The third kappa shape index (κ3) is 9.06. The van der Waals surface area contributed by atoms with E-state index in [1.807, 2.05) is 0 Å². The molecule has 3 N–H and O–H groups in total. The standard InChI is InChI=1S/CBBrFN.H3N/c3-2(4)1-5;/h;1H3. The van der Waals surface area contributed by atoms with E-state index in [0.29, 0.717) is 0 Å². The Morgan fingerprint density at radius 3 is 2.00 bits per heavy atom. The molecule has 5 heteroatoms. The molecule has 0 rings (SSSR count). The molecule has 0 aliphatic rings. The SMILES string of the molecule is N.N#CB(F)Br. The van der Waals surface area contributed by atoms with Crippen molar-refractivity contribution in [3.63, 3.8) is 0 Å². The molecule has 0 spiro atoms. The molecule has 0 heterocycles. The number of hydrogen-bond donors (Lipinski definition) is 1. The Balaban J connectivity index is 0. The van der Waals surface area contributed by atoms with Crippen LogP contribution in [0.4, 0.5) is 4.32 Å². The maximum Gasteiger partial charge on any atom is 0.531 e. The van der Waals surface area contributed by atoms with Crippen LogP contribution in [0.5, 0.6) is 0 Å². The number of halogens is 2. The molecule has 0 unspecified atom stereocenters. The average molecular weight is 153 g/mol. The lowest BCUT2D eigenvalue weighted by molar-refractivity contribution is 0.879. The van der Waals surface area contributed by atoms with Gasteiger partial charge in [0.1, 0.15) is 0 Å². The first kappa shape index (κ1) is 9.33. The second kappa shape index (κ2) is 4.92. The molecule has 0 aromatic heterocycles. The van der Waals surface area contributed by atoms with Crippen molar-refractivity contribution in [3.8, 4) is 5.97 Å². The summed E-state index contributed by atoms with van der Waals surface area (Å²) >= 11 is 2.35. The molecule has 34 valence electrons. The van der Waals surface area contributed by atoms with E-state index in [4.69, 9.17) is 5.26 Å². The van der Waals surface area contributed by atoms with Gasteiger partial charge < -0.3 is 6.15 Å². The van der Waals surface area contributed by atoms with Gasteiger partial charge in [0.05, 0.1) is 5.97 Å². The molecule has 0 fully saturated rings. The second-order valence-electron chi connectivity index (χ2n) is 0.430. The van der Waals surface area contributed by atoms with Crippen LogP contribution in [0.2, 0.25) is 0 Å². The summed E-state index contributed by atoms with van der Waals surface area (Å²) in [5.41, 5.74) is 0. The van der Waals surface area contributed by atoms with E-state index in [9.17, 15) is 4.32 Å². The summed E-state index contributed by atoms with van der Waals surface area (Å²) in [5, 5.41) is 7.47. The molecule has 0 saturated carbocycles. The predicted molar refractivity (Wildman–Crippen MR) is 26.4 cm³/mol. The molecule has 0 radical (unpaired) electrons. The summed E-state index contributed by atoms with van der Waals surface area (Å²) < 4.78 is 11.0. The van der Waals surface area contributed by atoms with Gasteiger partial charge in [-0.15, -0.1) is 0 Å². The van der Waals surface area contributed by atoms with Crippen molar-refractivity contribution >= 4 is 21.6 Å². The lowest BCUT2D eigenvalue weighted by atomic mass is 10.1. The van der Waals surface area contributed by atoms with Gasteiger partial charge in [0, 0.05) is 0 Å². The van der Waals surface area contributed by atoms with Crippen LogP contribution in [0.1, 0.15) is 0 Å². The van der Waals surface area contributed by atoms with E-state index < -0.39 is 5.81 Å². The minimum atomic E-state index is -1.50. The van der Waals surface area contributed by atoms with Gasteiger partial charge in [-0.3, -0.25) is 4.32 Å². The van der Waals surface area contributed by atoms with Gasteiger partial charge in [-0.2, -0.15) is 0 Å². The topological polar surface area (TPSA) is 58.8 Å². The Morgan fingerprint density at radius 1 is 1.83 bits per heavy atom. The van der Waals surface area contributed by atoms with Gasteiger partial charge in [-0.25, -0.2) is 5.26 Å². The highest BCUT2D eigenvalue weighted by Gasteiger charge is 2.00. The smallest absolute Gasteiger partial charge is 0.344 e. The maximum atomic E-state index is 11.0. The molecular weight excluding hydrogens is 150 g/mol. The van der Waals surface area contributed by atoms with E-state index in [1.54, 1.807) is 0 Å². The Labute approximate surface area is 44.0 Å². The zero-order valence-corrected chi connectivity index (χ0v) is 4.57. The summed E-state index contributed by atoms with van der Waals surface area (Å²) in [7, 11) is 0. The zero-order valence-electron chi connectivity index (χ0n) is 2.99. The predicted octanol–water partition coefficient (Wildman–Crippen LogP) is 1.06. The zero-order chi connectivity index (χ0) is 4.28. The quantitative estimate of drug-likeness (QED) is 0.528. The van der Waals surface area contributed by atoms with E-state index in [2.05, 4.69) is 15.8 Å². The molecule has 0 atom stereocenters. The van der Waals surface area contributed by atoms with E-state index >= 15 is 0 Å². The summed E-state index contributed by atoms with van der Waals surface area (Å²) in [6, 6.07) is 0. The molecule has 0 aliphatic heterocycles. The number of hydrogen-bond acceptors (Lipinski definition) is 2. The molecule has 0 saturated heterocycles. The first-order valence-corrected chi connectivity index (χ1v) is 1.86. The number of rotatable bonds is 0. The Hall–Kier alpha value is -0.0751. The highest BCUT2D eigenvalue weighted by molar-refractivity contribution is 9.24. The fraction of sp³-hybridized carbons (Fsp3) is 0. The van der Waals surface area contributed by atoms with E-state index in [-0.39, 0.29) is 6.15 Å². The second-order valence-corrected chi connectivity index (χ2v) is 1.23. The van der Waals surface area contributed by atoms with Crippen LogP contribution in [0.3, 0.4) is 0 Å². The minimum Gasteiger partial charge on any atom is -0.344 e. The summed E-state index contributed by atoms with van der Waals surface area (Å²) in [4.78, 5) is 0. The molecule has 6 heavy (non-hydrogen) atoms. The molecule has 2 nitrogen and oxygen atoms in total. The van der Waals surface area contributed by atoms with Gasteiger partial charge in [-0.05, 0) is 0 Å². The molecule has 0 aromatic carbocycles. The van der Waals surface area contributed by atoms with Gasteiger partial charge >= 0.3 is 5.81 Å². The average Bonchev–Trinajstić information content (AvgIpc) is 1.38. The highest BCUT2D eigenvalue weighted by atomic mass is 79.9. The van der Waals surface area contributed by atoms with Gasteiger partial charge in [0.25, 0.3) is 0 Å². The Kier molecular flexibility index (Phi) is 7.66. The molecule has 0 bridgehead atoms. The Morgan fingerprint density at radius 2 is 2.00 bits per heavy atom. The number of nitriles is 1. The highest BCUT2D eigenvalue weighted by Crippen LogP contribution is 1.87. The van der Waals surface area contributed by atoms with Crippen LogP contribution in [0, 0.1) is 11.2 Å². The normalized spacial score (nSPS) is 4.83. The third-order valence-corrected chi connectivity index (χ3v) is 0.302. The van der Waals surface area contributed by atoms with Crippen molar-refractivity contribution in [1.82, 2.24) is 6.15 Å². The molecule has 0 aliphatic carbocycles. The van der Waals surface area contributed by atoms with Gasteiger partial charge in [-0.1, -0.05) is 15.8 Å².